The van der Waals surface area contributed by atoms with Crippen LogP contribution in [-0.2, 0) is 0 Å². The quantitative estimate of drug-likeness (QED) is 0.538. The lowest BCUT2D eigenvalue weighted by Crippen LogP contribution is -2.12. The smallest absolute Gasteiger partial charge is 0.255 e. The number of nitrogens with one attached hydrogen (secondary N) is 1. The number of anilines is 1. The van der Waals surface area contributed by atoms with Gasteiger partial charge in [-0.25, -0.2) is 0 Å². The predicted molar refractivity (Wildman–Crippen MR) is 102 cm³/mol. The Balaban J connectivity index is 1.61. The molecular weight excluding hydrogens is 354 g/mol. The van der Waals surface area contributed by atoms with E-state index in [0.717, 1.165) is 15.8 Å². The topological polar surface area (TPSA) is 54.9 Å². The number of carbonyl (C=O) groups is 1. The number of benzene rings is 2. The minimum Gasteiger partial charge on any atom is -0.320 e. The van der Waals surface area contributed by atoms with Crippen LogP contribution in [0.1, 0.15) is 10.4 Å². The molecule has 6 heteroatoms. The SMILES string of the molecule is O=C(Nc1cccc2c(Cl)ccnc12)c1ccc(-c2cncs2)cc1. The molecule has 0 saturated heterocycles. The summed E-state index contributed by atoms with van der Waals surface area (Å²) in [5, 5.41) is 4.33. The van der Waals surface area contributed by atoms with Crippen LogP contribution in [0, 0.1) is 0 Å². The Morgan fingerprint density at radius 3 is 2.68 bits per heavy atom. The molecule has 2 aromatic heterocycles. The summed E-state index contributed by atoms with van der Waals surface area (Å²) in [7, 11) is 0. The van der Waals surface area contributed by atoms with Crippen LogP contribution in [0.4, 0.5) is 5.69 Å². The molecule has 0 aliphatic heterocycles. The van der Waals surface area contributed by atoms with Crippen molar-refractivity contribution in [2.24, 2.45) is 0 Å². The van der Waals surface area contributed by atoms with E-state index in [-0.39, 0.29) is 5.91 Å². The van der Waals surface area contributed by atoms with Crippen LogP contribution in [0.2, 0.25) is 5.02 Å². The van der Waals surface area contributed by atoms with Crippen molar-refractivity contribution in [1.29, 1.82) is 0 Å². The fourth-order valence-corrected chi connectivity index (χ4v) is 3.42. The first-order valence-corrected chi connectivity index (χ1v) is 8.81. The van der Waals surface area contributed by atoms with Crippen LogP contribution in [0.15, 0.2) is 66.4 Å². The summed E-state index contributed by atoms with van der Waals surface area (Å²) >= 11 is 7.76. The molecular formula is C19H12ClN3OS. The van der Waals surface area contributed by atoms with E-state index in [4.69, 9.17) is 11.6 Å². The number of amides is 1. The summed E-state index contributed by atoms with van der Waals surface area (Å²) in [6.07, 6.45) is 3.44. The van der Waals surface area contributed by atoms with Crippen LogP contribution in [-0.4, -0.2) is 15.9 Å². The van der Waals surface area contributed by atoms with Crippen molar-refractivity contribution in [3.05, 3.63) is 77.0 Å². The molecule has 4 aromatic rings. The van der Waals surface area contributed by atoms with Gasteiger partial charge < -0.3 is 5.32 Å². The Bertz CT molecular complexity index is 1050. The normalized spacial score (nSPS) is 10.8. The van der Waals surface area contributed by atoms with Crippen LogP contribution < -0.4 is 5.32 Å². The maximum atomic E-state index is 12.6. The molecule has 0 spiro atoms. The number of hydrogen-bond donors (Lipinski definition) is 1. The van der Waals surface area contributed by atoms with Gasteiger partial charge in [-0.2, -0.15) is 0 Å². The highest BCUT2D eigenvalue weighted by Gasteiger charge is 2.11. The standard InChI is InChI=1S/C19H12ClN3OS/c20-15-8-9-22-18-14(15)2-1-3-16(18)23-19(24)13-6-4-12(5-7-13)17-10-21-11-25-17/h1-11H,(H,23,24). The Morgan fingerprint density at radius 2 is 1.92 bits per heavy atom. The summed E-state index contributed by atoms with van der Waals surface area (Å²) in [4.78, 5) is 22.0. The van der Waals surface area contributed by atoms with Crippen molar-refractivity contribution >= 4 is 45.4 Å². The minimum atomic E-state index is -0.190. The Hall–Kier alpha value is -2.76. The molecule has 4 rings (SSSR count). The van der Waals surface area contributed by atoms with Gasteiger partial charge in [-0.3, -0.25) is 14.8 Å². The van der Waals surface area contributed by atoms with Gasteiger partial charge >= 0.3 is 0 Å². The first-order valence-electron chi connectivity index (χ1n) is 7.56. The molecule has 0 aliphatic carbocycles. The van der Waals surface area contributed by atoms with Gasteiger partial charge in [0, 0.05) is 23.3 Å². The van der Waals surface area contributed by atoms with E-state index in [2.05, 4.69) is 15.3 Å². The second kappa shape index (κ2) is 6.63. The zero-order chi connectivity index (χ0) is 17.2. The Labute approximate surface area is 153 Å². The van der Waals surface area contributed by atoms with Crippen molar-refractivity contribution in [3.8, 4) is 10.4 Å². The highest BCUT2D eigenvalue weighted by Crippen LogP contribution is 2.28. The summed E-state index contributed by atoms with van der Waals surface area (Å²) in [6.45, 7) is 0. The van der Waals surface area contributed by atoms with Crippen molar-refractivity contribution < 1.29 is 4.79 Å². The molecule has 0 atom stereocenters. The lowest BCUT2D eigenvalue weighted by Gasteiger charge is -2.09. The molecule has 25 heavy (non-hydrogen) atoms. The first kappa shape index (κ1) is 15.7. The lowest BCUT2D eigenvalue weighted by molar-refractivity contribution is 0.102. The molecule has 1 amide bonds. The maximum Gasteiger partial charge on any atom is 0.255 e. The number of para-hydroxylation sites is 1. The van der Waals surface area contributed by atoms with Crippen LogP contribution in [0.5, 0.6) is 0 Å². The van der Waals surface area contributed by atoms with Gasteiger partial charge in [0.1, 0.15) is 0 Å². The third-order valence-electron chi connectivity index (χ3n) is 3.83. The molecule has 122 valence electrons. The Morgan fingerprint density at radius 1 is 1.08 bits per heavy atom. The van der Waals surface area contributed by atoms with Gasteiger partial charge in [-0.1, -0.05) is 35.9 Å². The molecule has 1 N–H and O–H groups in total. The fraction of sp³-hybridized carbons (Fsp3) is 0. The zero-order valence-corrected chi connectivity index (χ0v) is 14.5. The average Bonchev–Trinajstić information content (AvgIpc) is 3.17. The number of rotatable bonds is 3. The summed E-state index contributed by atoms with van der Waals surface area (Å²) in [5.74, 6) is -0.190. The van der Waals surface area contributed by atoms with Crippen LogP contribution in [0.25, 0.3) is 21.3 Å². The molecule has 0 aliphatic rings. The van der Waals surface area contributed by atoms with E-state index in [9.17, 15) is 4.79 Å². The van der Waals surface area contributed by atoms with E-state index in [1.165, 1.54) is 0 Å². The van der Waals surface area contributed by atoms with Gasteiger partial charge in [-0.05, 0) is 29.8 Å². The van der Waals surface area contributed by atoms with Crippen molar-refractivity contribution in [1.82, 2.24) is 9.97 Å². The van der Waals surface area contributed by atoms with E-state index in [1.54, 1.807) is 41.2 Å². The monoisotopic (exact) mass is 365 g/mol. The predicted octanol–water partition coefficient (Wildman–Crippen LogP) is 5.26. The highest BCUT2D eigenvalue weighted by molar-refractivity contribution is 7.13. The third-order valence-corrected chi connectivity index (χ3v) is 4.98. The maximum absolute atomic E-state index is 12.6. The fourth-order valence-electron chi connectivity index (χ4n) is 2.58. The van der Waals surface area contributed by atoms with Crippen LogP contribution in [0.3, 0.4) is 0 Å². The average molecular weight is 366 g/mol. The van der Waals surface area contributed by atoms with Crippen molar-refractivity contribution in [2.45, 2.75) is 0 Å². The van der Waals surface area contributed by atoms with Gasteiger partial charge in [-0.15, -0.1) is 11.3 Å². The number of halogens is 1. The van der Waals surface area contributed by atoms with Crippen LogP contribution >= 0.6 is 22.9 Å². The molecule has 2 heterocycles. The van der Waals surface area contributed by atoms with Gasteiger partial charge in [0.2, 0.25) is 0 Å². The largest absolute Gasteiger partial charge is 0.320 e. The summed E-state index contributed by atoms with van der Waals surface area (Å²) in [5.41, 5.74) is 4.71. The number of carbonyl (C=O) groups excluding carboxylic acids is 1. The molecule has 0 fully saturated rings. The van der Waals surface area contributed by atoms with Gasteiger partial charge in [0.15, 0.2) is 0 Å². The number of thiazole rings is 1. The lowest BCUT2D eigenvalue weighted by atomic mass is 10.1. The van der Waals surface area contributed by atoms with E-state index < -0.39 is 0 Å². The van der Waals surface area contributed by atoms with Gasteiger partial charge in [0.25, 0.3) is 5.91 Å². The second-order valence-corrected chi connectivity index (χ2v) is 6.69. The zero-order valence-electron chi connectivity index (χ0n) is 12.9. The Kier molecular flexibility index (Phi) is 4.17. The minimum absolute atomic E-state index is 0.190. The molecule has 0 saturated carbocycles. The van der Waals surface area contributed by atoms with E-state index in [0.29, 0.717) is 21.8 Å². The molecule has 2 aromatic carbocycles. The molecule has 0 radical (unpaired) electrons. The highest BCUT2D eigenvalue weighted by atomic mass is 35.5. The number of nitrogens with zero attached hydrogens (tertiary/aromatic N) is 2. The third kappa shape index (κ3) is 3.12. The number of aromatic nitrogens is 2. The number of hydrogen-bond acceptors (Lipinski definition) is 4. The van der Waals surface area contributed by atoms with E-state index in [1.807, 2.05) is 36.5 Å². The molecule has 0 bridgehead atoms. The van der Waals surface area contributed by atoms with E-state index >= 15 is 0 Å². The summed E-state index contributed by atoms with van der Waals surface area (Å²) in [6, 6.07) is 14.7. The second-order valence-electron chi connectivity index (χ2n) is 5.39. The van der Waals surface area contributed by atoms with Crippen molar-refractivity contribution in [3.63, 3.8) is 0 Å². The molecule has 4 nitrogen and oxygen atoms in total. The first-order chi connectivity index (χ1) is 12.2. The van der Waals surface area contributed by atoms with Gasteiger partial charge in [0.05, 0.1) is 26.6 Å². The van der Waals surface area contributed by atoms with Crippen molar-refractivity contribution in [2.75, 3.05) is 5.32 Å². The molecule has 0 unspecified atom stereocenters. The summed E-state index contributed by atoms with van der Waals surface area (Å²) < 4.78 is 0. The number of fused-ring (bicyclic) bond motifs is 1. The number of pyridine rings is 1.